The summed E-state index contributed by atoms with van der Waals surface area (Å²) in [5, 5.41) is 18.1. The van der Waals surface area contributed by atoms with Crippen molar-refractivity contribution in [3.05, 3.63) is 11.6 Å². The quantitative estimate of drug-likeness (QED) is 0.599. The van der Waals surface area contributed by atoms with Crippen molar-refractivity contribution >= 4 is 0 Å². The summed E-state index contributed by atoms with van der Waals surface area (Å²) in [6.45, 7) is 4.03. The first-order chi connectivity index (χ1) is 8.18. The molecular weight excluding hydrogens is 210 g/mol. The number of nitrogens with zero attached hydrogens (tertiary/aromatic N) is 1. The maximum absolute atomic E-state index is 9.43. The Morgan fingerprint density at radius 1 is 1.53 bits per heavy atom. The van der Waals surface area contributed by atoms with E-state index in [1.54, 1.807) is 0 Å². The molecule has 0 amide bonds. The van der Waals surface area contributed by atoms with Gasteiger partial charge in [0.15, 0.2) is 0 Å². The van der Waals surface area contributed by atoms with Crippen molar-refractivity contribution in [3.63, 3.8) is 0 Å². The molecule has 0 spiro atoms. The Kier molecular flexibility index (Phi) is 5.26. The lowest BCUT2D eigenvalue weighted by atomic mass is 9.70. The zero-order valence-corrected chi connectivity index (χ0v) is 10.8. The minimum Gasteiger partial charge on any atom is -0.384 e. The Hall–Kier alpha value is -1.25. The Morgan fingerprint density at radius 2 is 2.29 bits per heavy atom. The number of aliphatic hydroxyl groups is 1. The number of rotatable bonds is 3. The van der Waals surface area contributed by atoms with Gasteiger partial charge in [-0.25, -0.2) is 0 Å². The van der Waals surface area contributed by atoms with E-state index in [9.17, 15) is 5.26 Å². The molecular formula is C15H21NO. The zero-order valence-electron chi connectivity index (χ0n) is 10.8. The largest absolute Gasteiger partial charge is 0.384 e. The predicted octanol–water partition coefficient (Wildman–Crippen LogP) is 3.04. The summed E-state index contributed by atoms with van der Waals surface area (Å²) in [6, 6.07) is 2.42. The first-order valence-electron chi connectivity index (χ1n) is 6.36. The third-order valence-electron chi connectivity index (χ3n) is 3.58. The fourth-order valence-corrected chi connectivity index (χ4v) is 2.55. The van der Waals surface area contributed by atoms with Gasteiger partial charge in [-0.1, -0.05) is 30.4 Å². The third kappa shape index (κ3) is 3.35. The van der Waals surface area contributed by atoms with Crippen LogP contribution >= 0.6 is 0 Å². The third-order valence-corrected chi connectivity index (χ3v) is 3.58. The van der Waals surface area contributed by atoms with E-state index < -0.39 is 5.41 Å². The van der Waals surface area contributed by atoms with Gasteiger partial charge in [0.2, 0.25) is 0 Å². The van der Waals surface area contributed by atoms with Crippen LogP contribution in [0.3, 0.4) is 0 Å². The molecule has 0 aromatic rings. The van der Waals surface area contributed by atoms with E-state index in [1.807, 2.05) is 6.92 Å². The molecule has 2 atom stereocenters. The minimum absolute atomic E-state index is 0.127. The second-order valence-electron chi connectivity index (χ2n) is 4.83. The van der Waals surface area contributed by atoms with E-state index in [0.717, 1.165) is 12.8 Å². The molecule has 0 aromatic heterocycles. The highest BCUT2D eigenvalue weighted by molar-refractivity contribution is 5.29. The van der Waals surface area contributed by atoms with Gasteiger partial charge in [0, 0.05) is 6.42 Å². The van der Waals surface area contributed by atoms with E-state index in [1.165, 1.54) is 18.4 Å². The van der Waals surface area contributed by atoms with Crippen LogP contribution in [0.1, 0.15) is 46.0 Å². The number of hydrogen-bond donors (Lipinski definition) is 1. The fraction of sp³-hybridized carbons (Fsp3) is 0.667. The number of nitriles is 1. The van der Waals surface area contributed by atoms with Gasteiger partial charge in [0.05, 0.1) is 11.5 Å². The molecule has 0 aliphatic heterocycles. The predicted molar refractivity (Wildman–Crippen MR) is 68.9 cm³/mol. The van der Waals surface area contributed by atoms with Crippen molar-refractivity contribution in [2.24, 2.45) is 11.3 Å². The summed E-state index contributed by atoms with van der Waals surface area (Å²) in [4.78, 5) is 0. The van der Waals surface area contributed by atoms with Crippen LogP contribution in [0, 0.1) is 34.5 Å². The van der Waals surface area contributed by atoms with Gasteiger partial charge in [0.1, 0.15) is 6.61 Å². The standard InChI is InChI=1S/C15H21NO/c1-3-13-8-4-5-9-14(13)15(2,12-16)10-6-7-11-17/h9,13,17H,3-5,8,10-11H2,1-2H3. The van der Waals surface area contributed by atoms with E-state index in [0.29, 0.717) is 12.3 Å². The Morgan fingerprint density at radius 3 is 2.88 bits per heavy atom. The van der Waals surface area contributed by atoms with Gasteiger partial charge in [-0.05, 0) is 38.5 Å². The maximum Gasteiger partial charge on any atom is 0.104 e. The molecule has 0 radical (unpaired) electrons. The Labute approximate surface area is 104 Å². The summed E-state index contributed by atoms with van der Waals surface area (Å²) in [6.07, 6.45) is 7.35. The molecule has 0 aromatic carbocycles. The minimum atomic E-state index is -0.483. The number of allylic oxidation sites excluding steroid dienone is 2. The molecule has 1 aliphatic carbocycles. The van der Waals surface area contributed by atoms with Crippen molar-refractivity contribution in [1.29, 1.82) is 5.26 Å². The normalized spacial score (nSPS) is 22.7. The van der Waals surface area contributed by atoms with Crippen molar-refractivity contribution in [3.8, 4) is 17.9 Å². The second kappa shape index (κ2) is 6.48. The van der Waals surface area contributed by atoms with Crippen LogP contribution < -0.4 is 0 Å². The van der Waals surface area contributed by atoms with Gasteiger partial charge in [-0.2, -0.15) is 5.26 Å². The summed E-state index contributed by atoms with van der Waals surface area (Å²) in [7, 11) is 0. The molecule has 0 saturated heterocycles. The highest BCUT2D eigenvalue weighted by atomic mass is 16.2. The molecule has 0 heterocycles. The smallest absolute Gasteiger partial charge is 0.104 e. The van der Waals surface area contributed by atoms with Gasteiger partial charge in [-0.15, -0.1) is 0 Å². The maximum atomic E-state index is 9.43. The molecule has 0 saturated carbocycles. The average Bonchev–Trinajstić information content (AvgIpc) is 2.38. The number of aliphatic hydroxyl groups excluding tert-OH is 1. The molecule has 2 nitrogen and oxygen atoms in total. The molecule has 0 fully saturated rings. The summed E-state index contributed by atoms with van der Waals surface area (Å²) >= 11 is 0. The lowest BCUT2D eigenvalue weighted by Gasteiger charge is -2.32. The van der Waals surface area contributed by atoms with Crippen molar-refractivity contribution < 1.29 is 5.11 Å². The van der Waals surface area contributed by atoms with Crippen LogP contribution in [-0.2, 0) is 0 Å². The monoisotopic (exact) mass is 231 g/mol. The van der Waals surface area contributed by atoms with Crippen molar-refractivity contribution in [1.82, 2.24) is 0 Å². The average molecular weight is 231 g/mol. The lowest BCUT2D eigenvalue weighted by Crippen LogP contribution is -2.24. The van der Waals surface area contributed by atoms with Crippen LogP contribution in [0.15, 0.2) is 11.6 Å². The fourth-order valence-electron chi connectivity index (χ4n) is 2.55. The topological polar surface area (TPSA) is 44.0 Å². The molecule has 1 N–H and O–H groups in total. The van der Waals surface area contributed by atoms with Gasteiger partial charge < -0.3 is 5.11 Å². The molecule has 92 valence electrons. The molecule has 1 aliphatic rings. The molecule has 2 unspecified atom stereocenters. The van der Waals surface area contributed by atoms with Gasteiger partial charge in [0.25, 0.3) is 0 Å². The molecule has 2 heteroatoms. The summed E-state index contributed by atoms with van der Waals surface area (Å²) in [5.74, 6) is 6.07. The van der Waals surface area contributed by atoms with Crippen LogP contribution in [0.5, 0.6) is 0 Å². The summed E-state index contributed by atoms with van der Waals surface area (Å²) in [5.41, 5.74) is 0.782. The van der Waals surface area contributed by atoms with Crippen LogP contribution in [0.4, 0.5) is 0 Å². The van der Waals surface area contributed by atoms with Gasteiger partial charge >= 0.3 is 0 Å². The molecule has 17 heavy (non-hydrogen) atoms. The SMILES string of the molecule is CCC1CCCC=C1C(C)(C#N)CC#CCO. The Balaban J connectivity index is 2.91. The van der Waals surface area contributed by atoms with Crippen molar-refractivity contribution in [2.45, 2.75) is 46.0 Å². The lowest BCUT2D eigenvalue weighted by molar-refractivity contribution is 0.350. The molecule has 1 rings (SSSR count). The highest BCUT2D eigenvalue weighted by Crippen LogP contribution is 2.41. The number of hydrogen-bond acceptors (Lipinski definition) is 2. The highest BCUT2D eigenvalue weighted by Gasteiger charge is 2.33. The van der Waals surface area contributed by atoms with Crippen LogP contribution in [-0.4, -0.2) is 11.7 Å². The Bertz CT molecular complexity index is 380. The van der Waals surface area contributed by atoms with Crippen LogP contribution in [0.2, 0.25) is 0 Å². The van der Waals surface area contributed by atoms with Crippen LogP contribution in [0.25, 0.3) is 0 Å². The van der Waals surface area contributed by atoms with Crippen molar-refractivity contribution in [2.75, 3.05) is 6.61 Å². The van der Waals surface area contributed by atoms with E-state index in [-0.39, 0.29) is 6.61 Å². The molecule has 0 bridgehead atoms. The van der Waals surface area contributed by atoms with Gasteiger partial charge in [-0.3, -0.25) is 0 Å². The second-order valence-corrected chi connectivity index (χ2v) is 4.83. The van der Waals surface area contributed by atoms with E-state index in [4.69, 9.17) is 5.11 Å². The van der Waals surface area contributed by atoms with E-state index >= 15 is 0 Å². The van der Waals surface area contributed by atoms with E-state index in [2.05, 4.69) is 30.9 Å². The first-order valence-corrected chi connectivity index (χ1v) is 6.36. The first kappa shape index (κ1) is 13.8. The zero-order chi connectivity index (χ0) is 12.7. The summed E-state index contributed by atoms with van der Waals surface area (Å²) < 4.78 is 0.